The van der Waals surface area contributed by atoms with E-state index in [9.17, 15) is 4.79 Å². The normalized spacial score (nSPS) is 26.1. The summed E-state index contributed by atoms with van der Waals surface area (Å²) in [6.45, 7) is 4.04. The highest BCUT2D eigenvalue weighted by Crippen LogP contribution is 2.41. The van der Waals surface area contributed by atoms with Crippen LogP contribution in [0, 0.1) is 6.92 Å². The molecule has 1 aliphatic heterocycles. The Morgan fingerprint density at radius 2 is 1.87 bits per heavy atom. The maximum Gasteiger partial charge on any atom is 0.236 e. The van der Waals surface area contributed by atoms with Crippen molar-refractivity contribution in [2.24, 2.45) is 0 Å². The third-order valence-electron chi connectivity index (χ3n) is 2.74. The molecule has 1 amide bonds. The summed E-state index contributed by atoms with van der Waals surface area (Å²) in [4.78, 5) is 13.5. The van der Waals surface area contributed by atoms with Gasteiger partial charge in [-0.3, -0.25) is 4.79 Å². The molecule has 0 N–H and O–H groups in total. The quantitative estimate of drug-likeness (QED) is 0.726. The molecule has 0 aromatic heterocycles. The molecule has 1 heterocycles. The van der Waals surface area contributed by atoms with Crippen LogP contribution in [0.5, 0.6) is 0 Å². The molecule has 0 spiro atoms. The fraction of sp³-hybridized carbons (Fsp3) is 0.417. The molecule has 2 nitrogen and oxygen atoms in total. The molecule has 1 aliphatic rings. The molecule has 0 unspecified atom stereocenters. The second-order valence-corrected chi connectivity index (χ2v) is 5.42. The summed E-state index contributed by atoms with van der Waals surface area (Å²) in [6, 6.07) is 8.40. The van der Waals surface area contributed by atoms with E-state index >= 15 is 0 Å². The first kappa shape index (κ1) is 10.6. The summed E-state index contributed by atoms with van der Waals surface area (Å²) in [5.74, 6) is 0.227. The number of rotatable bonds is 1. The van der Waals surface area contributed by atoms with Crippen LogP contribution in [-0.4, -0.2) is 23.1 Å². The van der Waals surface area contributed by atoms with E-state index < -0.39 is 0 Å². The second-order valence-electron chi connectivity index (χ2n) is 3.99. The van der Waals surface area contributed by atoms with Gasteiger partial charge in [-0.1, -0.05) is 29.8 Å². The van der Waals surface area contributed by atoms with E-state index in [1.165, 1.54) is 11.1 Å². The van der Waals surface area contributed by atoms with E-state index in [-0.39, 0.29) is 16.5 Å². The first-order chi connectivity index (χ1) is 7.09. The van der Waals surface area contributed by atoms with Crippen LogP contribution in [0.15, 0.2) is 24.3 Å². The molecule has 0 saturated carbocycles. The lowest BCUT2D eigenvalue weighted by molar-refractivity contribution is -0.128. The number of carbonyl (C=O) groups is 1. The van der Waals surface area contributed by atoms with Gasteiger partial charge in [0.15, 0.2) is 0 Å². The highest BCUT2D eigenvalue weighted by atomic mass is 32.2. The molecule has 1 aromatic rings. The van der Waals surface area contributed by atoms with Crippen LogP contribution in [0.1, 0.15) is 23.4 Å². The highest BCUT2D eigenvalue weighted by molar-refractivity contribution is 8.01. The smallest absolute Gasteiger partial charge is 0.236 e. The maximum atomic E-state index is 11.7. The van der Waals surface area contributed by atoms with Crippen LogP contribution < -0.4 is 0 Å². The first-order valence-electron chi connectivity index (χ1n) is 5.08. The Balaban J connectivity index is 2.25. The predicted molar refractivity (Wildman–Crippen MR) is 63.7 cm³/mol. The fourth-order valence-electron chi connectivity index (χ4n) is 1.78. The largest absolute Gasteiger partial charge is 0.329 e. The van der Waals surface area contributed by atoms with E-state index in [4.69, 9.17) is 0 Å². The molecule has 0 aliphatic carbocycles. The monoisotopic (exact) mass is 221 g/mol. The summed E-state index contributed by atoms with van der Waals surface area (Å²) in [7, 11) is 1.88. The molecule has 2 rings (SSSR count). The average molecular weight is 221 g/mol. The molecule has 0 radical (unpaired) electrons. The lowest BCUT2D eigenvalue weighted by Crippen LogP contribution is -2.25. The van der Waals surface area contributed by atoms with Gasteiger partial charge in [-0.25, -0.2) is 0 Å². The van der Waals surface area contributed by atoms with Crippen molar-refractivity contribution in [3.63, 3.8) is 0 Å². The fourth-order valence-corrected chi connectivity index (χ4v) is 3.05. The van der Waals surface area contributed by atoms with E-state index in [0.29, 0.717) is 0 Å². The predicted octanol–water partition coefficient (Wildman–Crippen LogP) is 2.59. The number of nitrogens with zero attached hydrogens (tertiary/aromatic N) is 1. The number of amides is 1. The molecule has 3 heteroatoms. The van der Waals surface area contributed by atoms with Gasteiger partial charge >= 0.3 is 0 Å². The van der Waals surface area contributed by atoms with Crippen molar-refractivity contribution in [2.75, 3.05) is 7.05 Å². The Labute approximate surface area is 94.7 Å². The van der Waals surface area contributed by atoms with E-state index in [1.807, 2.05) is 18.9 Å². The van der Waals surface area contributed by atoms with Crippen molar-refractivity contribution >= 4 is 17.7 Å². The summed E-state index contributed by atoms with van der Waals surface area (Å²) in [5.41, 5.74) is 2.47. The van der Waals surface area contributed by atoms with Gasteiger partial charge in [0.25, 0.3) is 0 Å². The number of thioether (sulfide) groups is 1. The minimum Gasteiger partial charge on any atom is -0.329 e. The number of carbonyl (C=O) groups excluding carboxylic acids is 1. The lowest BCUT2D eigenvalue weighted by Gasteiger charge is -2.18. The van der Waals surface area contributed by atoms with Gasteiger partial charge in [0, 0.05) is 7.05 Å². The van der Waals surface area contributed by atoms with Crippen molar-refractivity contribution in [3.8, 4) is 0 Å². The van der Waals surface area contributed by atoms with Crippen LogP contribution in [0.3, 0.4) is 0 Å². The Morgan fingerprint density at radius 1 is 1.27 bits per heavy atom. The number of benzene rings is 1. The van der Waals surface area contributed by atoms with E-state index in [0.717, 1.165) is 0 Å². The molecular formula is C12H15NOS. The zero-order valence-corrected chi connectivity index (χ0v) is 10.0. The Kier molecular flexibility index (Phi) is 2.74. The van der Waals surface area contributed by atoms with Gasteiger partial charge in [-0.2, -0.15) is 0 Å². The number of hydrogen-bond acceptors (Lipinski definition) is 2. The summed E-state index contributed by atoms with van der Waals surface area (Å²) in [6.07, 6.45) is 0. The van der Waals surface area contributed by atoms with Gasteiger partial charge in [0.1, 0.15) is 5.37 Å². The third-order valence-corrected chi connectivity index (χ3v) is 4.20. The minimum atomic E-state index is 0.0845. The minimum absolute atomic E-state index is 0.0845. The van der Waals surface area contributed by atoms with Gasteiger partial charge in [0.05, 0.1) is 5.25 Å². The van der Waals surface area contributed by atoms with E-state index in [2.05, 4.69) is 31.2 Å². The van der Waals surface area contributed by atoms with Gasteiger partial charge in [0.2, 0.25) is 5.91 Å². The van der Waals surface area contributed by atoms with E-state index in [1.54, 1.807) is 11.8 Å². The third kappa shape index (κ3) is 1.88. The van der Waals surface area contributed by atoms with Gasteiger partial charge in [-0.15, -0.1) is 11.8 Å². The van der Waals surface area contributed by atoms with Crippen molar-refractivity contribution in [2.45, 2.75) is 24.5 Å². The molecule has 2 atom stereocenters. The molecular weight excluding hydrogens is 206 g/mol. The Bertz CT molecular complexity index is 374. The summed E-state index contributed by atoms with van der Waals surface area (Å²) < 4.78 is 0. The molecule has 1 aromatic carbocycles. The van der Waals surface area contributed by atoms with Crippen LogP contribution in [0.4, 0.5) is 0 Å². The van der Waals surface area contributed by atoms with Crippen LogP contribution in [0.2, 0.25) is 0 Å². The zero-order chi connectivity index (χ0) is 11.0. The van der Waals surface area contributed by atoms with Gasteiger partial charge < -0.3 is 4.90 Å². The molecule has 0 bridgehead atoms. The first-order valence-corrected chi connectivity index (χ1v) is 6.02. The second kappa shape index (κ2) is 3.89. The summed E-state index contributed by atoms with van der Waals surface area (Å²) in [5, 5.41) is 0.273. The van der Waals surface area contributed by atoms with Crippen molar-refractivity contribution < 1.29 is 4.79 Å². The zero-order valence-electron chi connectivity index (χ0n) is 9.23. The Morgan fingerprint density at radius 3 is 2.33 bits per heavy atom. The van der Waals surface area contributed by atoms with Gasteiger partial charge in [-0.05, 0) is 19.4 Å². The summed E-state index contributed by atoms with van der Waals surface area (Å²) >= 11 is 1.72. The van der Waals surface area contributed by atoms with Crippen LogP contribution >= 0.6 is 11.8 Å². The molecule has 1 fully saturated rings. The Hall–Kier alpha value is -0.960. The number of aryl methyl sites for hydroxylation is 1. The molecule has 1 saturated heterocycles. The van der Waals surface area contributed by atoms with Crippen molar-refractivity contribution in [3.05, 3.63) is 35.4 Å². The molecule has 80 valence electrons. The topological polar surface area (TPSA) is 20.3 Å². The average Bonchev–Trinajstić information content (AvgIpc) is 2.47. The van der Waals surface area contributed by atoms with Crippen LogP contribution in [-0.2, 0) is 4.79 Å². The standard InChI is InChI=1S/C12H15NOS/c1-8-4-6-10(7-5-8)12-13(3)11(14)9(2)15-12/h4-7,9,12H,1-3H3/t9-,12-/m1/s1. The lowest BCUT2D eigenvalue weighted by atomic mass is 10.1. The highest BCUT2D eigenvalue weighted by Gasteiger charge is 2.35. The molecule has 15 heavy (non-hydrogen) atoms. The number of hydrogen-bond donors (Lipinski definition) is 0. The van der Waals surface area contributed by atoms with Crippen molar-refractivity contribution in [1.82, 2.24) is 4.90 Å². The SMILES string of the molecule is Cc1ccc([C@H]2S[C@H](C)C(=O)N2C)cc1. The maximum absolute atomic E-state index is 11.7. The van der Waals surface area contributed by atoms with Crippen molar-refractivity contribution in [1.29, 1.82) is 0 Å². The van der Waals surface area contributed by atoms with Crippen LogP contribution in [0.25, 0.3) is 0 Å².